The monoisotopic (exact) mass is 172 g/mol. The lowest BCUT2D eigenvalue weighted by Crippen LogP contribution is -2.57. The van der Waals surface area contributed by atoms with E-state index in [4.69, 9.17) is 5.73 Å². The van der Waals surface area contributed by atoms with Crippen LogP contribution in [0.2, 0.25) is 0 Å². The largest absolute Gasteiger partial charge is 0.453 e. The molecule has 1 amide bonds. The van der Waals surface area contributed by atoms with Crippen molar-refractivity contribution in [2.75, 3.05) is 7.11 Å². The first-order chi connectivity index (χ1) is 5.41. The molecule has 0 atom stereocenters. The molecular weight excluding hydrogens is 156 g/mol. The molecule has 12 heavy (non-hydrogen) atoms. The van der Waals surface area contributed by atoms with E-state index in [0.717, 1.165) is 12.8 Å². The fraction of sp³-hybridized carbons (Fsp3) is 0.875. The van der Waals surface area contributed by atoms with Gasteiger partial charge in [-0.15, -0.1) is 0 Å². The summed E-state index contributed by atoms with van der Waals surface area (Å²) in [4.78, 5) is 10.9. The Bertz CT molecular complexity index is 197. The van der Waals surface area contributed by atoms with Gasteiger partial charge in [0.25, 0.3) is 0 Å². The van der Waals surface area contributed by atoms with Crippen molar-refractivity contribution in [1.82, 2.24) is 5.32 Å². The van der Waals surface area contributed by atoms with Gasteiger partial charge >= 0.3 is 6.09 Å². The summed E-state index contributed by atoms with van der Waals surface area (Å²) < 4.78 is 4.50. The Morgan fingerprint density at radius 1 is 1.58 bits per heavy atom. The Morgan fingerprint density at radius 2 is 2.08 bits per heavy atom. The molecule has 0 aliphatic heterocycles. The summed E-state index contributed by atoms with van der Waals surface area (Å²) in [7, 11) is 1.35. The Labute approximate surface area is 72.5 Å². The number of methoxy groups -OCH3 is 1. The second kappa shape index (κ2) is 2.62. The highest BCUT2D eigenvalue weighted by Gasteiger charge is 2.52. The normalized spacial score (nSPS) is 20.0. The summed E-state index contributed by atoms with van der Waals surface area (Å²) in [5.74, 6) is 0. The predicted molar refractivity (Wildman–Crippen MR) is 45.8 cm³/mol. The molecule has 0 unspecified atom stereocenters. The molecule has 1 aliphatic rings. The van der Waals surface area contributed by atoms with Gasteiger partial charge in [0.2, 0.25) is 0 Å². The molecule has 1 aliphatic carbocycles. The van der Waals surface area contributed by atoms with Crippen LogP contribution in [0, 0.1) is 0 Å². The van der Waals surface area contributed by atoms with Gasteiger partial charge in [0, 0.05) is 5.54 Å². The fourth-order valence-corrected chi connectivity index (χ4v) is 1.19. The molecule has 0 spiro atoms. The number of hydrogen-bond donors (Lipinski definition) is 2. The van der Waals surface area contributed by atoms with Crippen LogP contribution in [0.1, 0.15) is 26.7 Å². The van der Waals surface area contributed by atoms with Crippen LogP contribution in [0.4, 0.5) is 4.79 Å². The maximum Gasteiger partial charge on any atom is 0.407 e. The van der Waals surface area contributed by atoms with Crippen molar-refractivity contribution in [2.45, 2.75) is 37.8 Å². The van der Waals surface area contributed by atoms with E-state index in [-0.39, 0.29) is 11.1 Å². The summed E-state index contributed by atoms with van der Waals surface area (Å²) in [6.45, 7) is 3.83. The van der Waals surface area contributed by atoms with Crippen molar-refractivity contribution in [3.63, 3.8) is 0 Å². The van der Waals surface area contributed by atoms with Crippen LogP contribution in [-0.4, -0.2) is 24.3 Å². The van der Waals surface area contributed by atoms with Gasteiger partial charge in [0.1, 0.15) is 0 Å². The van der Waals surface area contributed by atoms with E-state index in [1.165, 1.54) is 7.11 Å². The van der Waals surface area contributed by atoms with E-state index in [1.54, 1.807) is 0 Å². The molecule has 4 nitrogen and oxygen atoms in total. The zero-order valence-electron chi connectivity index (χ0n) is 7.81. The van der Waals surface area contributed by atoms with E-state index in [0.29, 0.717) is 0 Å². The Balaban J connectivity index is 2.54. The van der Waals surface area contributed by atoms with Crippen molar-refractivity contribution < 1.29 is 9.53 Å². The molecule has 0 aromatic heterocycles. The molecule has 70 valence electrons. The van der Waals surface area contributed by atoms with E-state index in [2.05, 4.69) is 10.1 Å². The van der Waals surface area contributed by atoms with Gasteiger partial charge in [0.15, 0.2) is 0 Å². The number of rotatable bonds is 2. The lowest BCUT2D eigenvalue weighted by Gasteiger charge is -2.32. The minimum Gasteiger partial charge on any atom is -0.453 e. The molecule has 1 fully saturated rings. The fourth-order valence-electron chi connectivity index (χ4n) is 1.19. The molecule has 0 radical (unpaired) electrons. The predicted octanol–water partition coefficient (Wildman–Crippen LogP) is 0.612. The third-order valence-corrected chi connectivity index (χ3v) is 2.63. The molecule has 1 rings (SSSR count). The third-order valence-electron chi connectivity index (χ3n) is 2.63. The SMILES string of the molecule is COC(=O)NC(C)(C)C1(N)CC1. The van der Waals surface area contributed by atoms with Crippen LogP contribution < -0.4 is 11.1 Å². The molecule has 3 N–H and O–H groups in total. The number of nitrogens with two attached hydrogens (primary N) is 1. The summed E-state index contributed by atoms with van der Waals surface area (Å²) in [5, 5.41) is 2.72. The van der Waals surface area contributed by atoms with Gasteiger partial charge in [-0.2, -0.15) is 0 Å². The summed E-state index contributed by atoms with van der Waals surface area (Å²) in [6, 6.07) is 0. The molecular formula is C8H16N2O2. The number of ether oxygens (including phenoxy) is 1. The summed E-state index contributed by atoms with van der Waals surface area (Å²) in [5.41, 5.74) is 5.35. The molecule has 0 heterocycles. The van der Waals surface area contributed by atoms with E-state index in [1.807, 2.05) is 13.8 Å². The summed E-state index contributed by atoms with van der Waals surface area (Å²) >= 11 is 0. The van der Waals surface area contributed by atoms with Crippen molar-refractivity contribution in [2.24, 2.45) is 5.73 Å². The number of hydrogen-bond acceptors (Lipinski definition) is 3. The average Bonchev–Trinajstić information content (AvgIpc) is 2.68. The van der Waals surface area contributed by atoms with Crippen LogP contribution in [0.25, 0.3) is 0 Å². The van der Waals surface area contributed by atoms with Gasteiger partial charge < -0.3 is 15.8 Å². The molecule has 4 heteroatoms. The smallest absolute Gasteiger partial charge is 0.407 e. The third kappa shape index (κ3) is 1.53. The zero-order valence-corrected chi connectivity index (χ0v) is 7.81. The Kier molecular flexibility index (Phi) is 2.04. The maximum atomic E-state index is 10.9. The van der Waals surface area contributed by atoms with E-state index < -0.39 is 6.09 Å². The standard InChI is InChI=1S/C8H16N2O2/c1-7(2,8(9)4-5-8)10-6(11)12-3/h4-5,9H2,1-3H3,(H,10,11). The van der Waals surface area contributed by atoms with Gasteiger partial charge in [-0.3, -0.25) is 0 Å². The van der Waals surface area contributed by atoms with Crippen molar-refractivity contribution in [3.05, 3.63) is 0 Å². The summed E-state index contributed by atoms with van der Waals surface area (Å²) in [6.07, 6.45) is 1.50. The average molecular weight is 172 g/mol. The zero-order chi connectivity index (χ0) is 9.41. The Hall–Kier alpha value is -0.770. The number of carbonyl (C=O) groups excluding carboxylic acids is 1. The van der Waals surface area contributed by atoms with Crippen molar-refractivity contribution in [1.29, 1.82) is 0 Å². The van der Waals surface area contributed by atoms with Crippen LogP contribution >= 0.6 is 0 Å². The number of nitrogens with one attached hydrogen (secondary N) is 1. The Morgan fingerprint density at radius 3 is 2.42 bits per heavy atom. The molecule has 0 aromatic rings. The second-order valence-electron chi connectivity index (χ2n) is 3.90. The van der Waals surface area contributed by atoms with Crippen LogP contribution in [-0.2, 0) is 4.74 Å². The highest BCUT2D eigenvalue weighted by molar-refractivity contribution is 5.68. The minimum absolute atomic E-state index is 0.235. The van der Waals surface area contributed by atoms with Gasteiger partial charge in [0.05, 0.1) is 12.6 Å². The maximum absolute atomic E-state index is 10.9. The lowest BCUT2D eigenvalue weighted by molar-refractivity contribution is 0.153. The van der Waals surface area contributed by atoms with Crippen LogP contribution in [0.15, 0.2) is 0 Å². The first kappa shape index (κ1) is 9.32. The first-order valence-electron chi connectivity index (χ1n) is 4.06. The highest BCUT2D eigenvalue weighted by atomic mass is 16.5. The van der Waals surface area contributed by atoms with Crippen molar-refractivity contribution >= 4 is 6.09 Å². The topological polar surface area (TPSA) is 64.3 Å². The lowest BCUT2D eigenvalue weighted by atomic mass is 9.93. The highest BCUT2D eigenvalue weighted by Crippen LogP contribution is 2.41. The van der Waals surface area contributed by atoms with Crippen LogP contribution in [0.3, 0.4) is 0 Å². The van der Waals surface area contributed by atoms with Gasteiger partial charge in [-0.1, -0.05) is 0 Å². The number of carbonyl (C=O) groups is 1. The minimum atomic E-state index is -0.420. The molecule has 0 saturated heterocycles. The molecule has 0 aromatic carbocycles. The van der Waals surface area contributed by atoms with Crippen molar-refractivity contribution in [3.8, 4) is 0 Å². The molecule has 0 bridgehead atoms. The van der Waals surface area contributed by atoms with Gasteiger partial charge in [-0.25, -0.2) is 4.79 Å². The second-order valence-corrected chi connectivity index (χ2v) is 3.90. The van der Waals surface area contributed by atoms with E-state index >= 15 is 0 Å². The number of alkyl carbamates (subject to hydrolysis) is 1. The van der Waals surface area contributed by atoms with Gasteiger partial charge in [-0.05, 0) is 26.7 Å². The quantitative estimate of drug-likeness (QED) is 0.641. The van der Waals surface area contributed by atoms with Crippen LogP contribution in [0.5, 0.6) is 0 Å². The first-order valence-corrected chi connectivity index (χ1v) is 4.06. The van der Waals surface area contributed by atoms with E-state index in [9.17, 15) is 4.79 Å². The number of amides is 1. The molecule has 1 saturated carbocycles.